The SMILES string of the molecule is C=C/C=C(\C=C)n1c(-c2cccc(-n3c4ccccc4c4ccc5c(c43)C(C)(C)c3ccccc3-5)c2)nc2ccccc21. The van der Waals surface area contributed by atoms with E-state index in [0.29, 0.717) is 0 Å². The van der Waals surface area contributed by atoms with Crippen LogP contribution < -0.4 is 0 Å². The molecule has 2 heterocycles. The first-order valence-electron chi connectivity index (χ1n) is 14.7. The first-order chi connectivity index (χ1) is 21.0. The summed E-state index contributed by atoms with van der Waals surface area (Å²) in [6.07, 6.45) is 5.63. The van der Waals surface area contributed by atoms with Gasteiger partial charge in [0.15, 0.2) is 0 Å². The van der Waals surface area contributed by atoms with Crippen LogP contribution in [0.3, 0.4) is 0 Å². The minimum absolute atomic E-state index is 0.141. The molecule has 0 radical (unpaired) electrons. The molecule has 3 heteroatoms. The van der Waals surface area contributed by atoms with Crippen LogP contribution in [0.15, 0.2) is 141 Å². The van der Waals surface area contributed by atoms with Gasteiger partial charge in [-0.15, -0.1) is 0 Å². The van der Waals surface area contributed by atoms with Crippen molar-refractivity contribution in [2.75, 3.05) is 0 Å². The van der Waals surface area contributed by atoms with Gasteiger partial charge in [0.2, 0.25) is 0 Å². The van der Waals surface area contributed by atoms with Crippen LogP contribution in [0.2, 0.25) is 0 Å². The Labute approximate surface area is 251 Å². The predicted octanol–water partition coefficient (Wildman–Crippen LogP) is 10.3. The average Bonchev–Trinajstić information content (AvgIpc) is 3.66. The Balaban J connectivity index is 1.44. The molecule has 43 heavy (non-hydrogen) atoms. The predicted molar refractivity (Wildman–Crippen MR) is 182 cm³/mol. The summed E-state index contributed by atoms with van der Waals surface area (Å²) in [5, 5.41) is 2.53. The van der Waals surface area contributed by atoms with Crippen molar-refractivity contribution in [3.8, 4) is 28.2 Å². The first kappa shape index (κ1) is 25.3. The highest BCUT2D eigenvalue weighted by Crippen LogP contribution is 2.52. The van der Waals surface area contributed by atoms with E-state index < -0.39 is 0 Å². The summed E-state index contributed by atoms with van der Waals surface area (Å²) in [4.78, 5) is 5.12. The third-order valence-corrected chi connectivity index (χ3v) is 9.03. The van der Waals surface area contributed by atoms with Gasteiger partial charge in [-0.05, 0) is 64.7 Å². The van der Waals surface area contributed by atoms with Crippen LogP contribution in [-0.2, 0) is 5.41 Å². The van der Waals surface area contributed by atoms with Gasteiger partial charge in [-0.25, -0.2) is 4.98 Å². The van der Waals surface area contributed by atoms with Crippen LogP contribution in [0.4, 0.5) is 0 Å². The number of benzene rings is 5. The maximum absolute atomic E-state index is 5.12. The van der Waals surface area contributed by atoms with E-state index in [1.807, 2.05) is 24.3 Å². The number of hydrogen-bond acceptors (Lipinski definition) is 1. The lowest BCUT2D eigenvalue weighted by Crippen LogP contribution is -2.16. The van der Waals surface area contributed by atoms with E-state index in [1.165, 1.54) is 44.1 Å². The van der Waals surface area contributed by atoms with Crippen LogP contribution in [0.5, 0.6) is 0 Å². The number of rotatable bonds is 5. The summed E-state index contributed by atoms with van der Waals surface area (Å²) < 4.78 is 4.63. The third kappa shape index (κ3) is 3.52. The molecule has 0 saturated heterocycles. The molecule has 0 fully saturated rings. The van der Waals surface area contributed by atoms with Gasteiger partial charge in [-0.1, -0.05) is 112 Å². The fraction of sp³-hybridized carbons (Fsp3) is 0.0750. The fourth-order valence-electron chi connectivity index (χ4n) is 7.20. The topological polar surface area (TPSA) is 22.8 Å². The average molecular weight is 554 g/mol. The number of imidazole rings is 1. The Morgan fingerprint density at radius 3 is 2.35 bits per heavy atom. The molecule has 8 rings (SSSR count). The van der Waals surface area contributed by atoms with E-state index >= 15 is 0 Å². The lowest BCUT2D eigenvalue weighted by Gasteiger charge is -2.23. The van der Waals surface area contributed by atoms with Gasteiger partial charge in [0, 0.05) is 33.1 Å². The molecule has 0 unspecified atom stereocenters. The van der Waals surface area contributed by atoms with Crippen LogP contribution in [-0.4, -0.2) is 14.1 Å². The van der Waals surface area contributed by atoms with Crippen molar-refractivity contribution in [3.05, 3.63) is 152 Å². The quantitative estimate of drug-likeness (QED) is 0.194. The van der Waals surface area contributed by atoms with Gasteiger partial charge in [-0.3, -0.25) is 4.57 Å². The number of para-hydroxylation sites is 3. The Bertz CT molecular complexity index is 2300. The molecule has 206 valence electrons. The highest BCUT2D eigenvalue weighted by atomic mass is 15.1. The molecule has 0 amide bonds. The molecule has 1 aliphatic rings. The van der Waals surface area contributed by atoms with Crippen molar-refractivity contribution in [1.82, 2.24) is 14.1 Å². The maximum Gasteiger partial charge on any atom is 0.145 e. The largest absolute Gasteiger partial charge is 0.309 e. The van der Waals surface area contributed by atoms with Gasteiger partial charge in [0.1, 0.15) is 5.82 Å². The van der Waals surface area contributed by atoms with E-state index in [4.69, 9.17) is 4.98 Å². The monoisotopic (exact) mass is 553 g/mol. The highest BCUT2D eigenvalue weighted by molar-refractivity contribution is 6.13. The third-order valence-electron chi connectivity index (χ3n) is 9.03. The molecule has 0 atom stereocenters. The summed E-state index contributed by atoms with van der Waals surface area (Å²) in [5.74, 6) is 0.870. The molecule has 7 aromatic rings. The number of hydrogen-bond donors (Lipinski definition) is 0. The van der Waals surface area contributed by atoms with E-state index in [0.717, 1.165) is 33.8 Å². The molecule has 0 bridgehead atoms. The summed E-state index contributed by atoms with van der Waals surface area (Å²) >= 11 is 0. The van der Waals surface area contributed by atoms with Crippen molar-refractivity contribution in [3.63, 3.8) is 0 Å². The van der Waals surface area contributed by atoms with Crippen molar-refractivity contribution in [1.29, 1.82) is 0 Å². The number of fused-ring (bicyclic) bond motifs is 8. The Morgan fingerprint density at radius 1 is 0.744 bits per heavy atom. The minimum Gasteiger partial charge on any atom is -0.309 e. The lowest BCUT2D eigenvalue weighted by atomic mass is 9.81. The van der Waals surface area contributed by atoms with Crippen molar-refractivity contribution >= 4 is 38.5 Å². The van der Waals surface area contributed by atoms with Crippen LogP contribution in [0.1, 0.15) is 25.0 Å². The lowest BCUT2D eigenvalue weighted by molar-refractivity contribution is 0.664. The molecule has 1 aliphatic carbocycles. The highest BCUT2D eigenvalue weighted by Gasteiger charge is 2.38. The van der Waals surface area contributed by atoms with Crippen LogP contribution >= 0.6 is 0 Å². The second-order valence-electron chi connectivity index (χ2n) is 11.7. The number of allylic oxidation sites excluding steroid dienone is 4. The maximum atomic E-state index is 5.12. The molecule has 3 nitrogen and oxygen atoms in total. The normalized spacial score (nSPS) is 13.9. The summed E-state index contributed by atoms with van der Waals surface area (Å²) in [6, 6.07) is 39.3. The molecule has 0 saturated carbocycles. The smallest absolute Gasteiger partial charge is 0.145 e. The molecule has 0 N–H and O–H groups in total. The molecule has 0 spiro atoms. The second-order valence-corrected chi connectivity index (χ2v) is 11.7. The van der Waals surface area contributed by atoms with E-state index in [9.17, 15) is 0 Å². The Kier molecular flexibility index (Phi) is 5.48. The molecular formula is C40H31N3. The molecule has 0 aliphatic heterocycles. The van der Waals surface area contributed by atoms with Crippen LogP contribution in [0, 0.1) is 0 Å². The summed E-state index contributed by atoms with van der Waals surface area (Å²) in [5.41, 5.74) is 12.8. The number of aromatic nitrogens is 3. The van der Waals surface area contributed by atoms with E-state index in [2.05, 4.69) is 133 Å². The zero-order valence-corrected chi connectivity index (χ0v) is 24.4. The second kappa shape index (κ2) is 9.30. The van der Waals surface area contributed by atoms with E-state index in [-0.39, 0.29) is 5.41 Å². The van der Waals surface area contributed by atoms with Crippen molar-refractivity contribution in [2.45, 2.75) is 19.3 Å². The van der Waals surface area contributed by atoms with Gasteiger partial charge >= 0.3 is 0 Å². The zero-order chi connectivity index (χ0) is 29.3. The Morgan fingerprint density at radius 2 is 1.51 bits per heavy atom. The van der Waals surface area contributed by atoms with Gasteiger partial charge < -0.3 is 4.57 Å². The van der Waals surface area contributed by atoms with Crippen molar-refractivity contribution < 1.29 is 0 Å². The standard InChI is InChI=1S/C40H31N3/c1-5-14-27(6-2)43-36-22-12-10-20-34(36)41-39(43)26-15-13-16-28(25-26)42-35-21-11-8-18-30(35)32-24-23-31-29-17-7-9-19-33(29)40(3,4)37(31)38(32)42/h5-25H,1-2H2,3-4H3/b27-14+. The van der Waals surface area contributed by atoms with Gasteiger partial charge in [0.25, 0.3) is 0 Å². The zero-order valence-electron chi connectivity index (χ0n) is 24.4. The summed E-state index contributed by atoms with van der Waals surface area (Å²) in [6.45, 7) is 12.8. The fourth-order valence-corrected chi connectivity index (χ4v) is 7.20. The number of nitrogens with zero attached hydrogens (tertiary/aromatic N) is 3. The minimum atomic E-state index is -0.141. The molecule has 5 aromatic carbocycles. The van der Waals surface area contributed by atoms with Crippen LogP contribution in [0.25, 0.3) is 66.7 Å². The van der Waals surface area contributed by atoms with Crippen molar-refractivity contribution in [2.24, 2.45) is 0 Å². The molecule has 2 aromatic heterocycles. The first-order valence-corrected chi connectivity index (χ1v) is 14.7. The van der Waals surface area contributed by atoms with Gasteiger partial charge in [-0.2, -0.15) is 0 Å². The molecular weight excluding hydrogens is 522 g/mol. The summed E-state index contributed by atoms with van der Waals surface area (Å²) in [7, 11) is 0. The van der Waals surface area contributed by atoms with E-state index in [1.54, 1.807) is 6.08 Å². The Hall–Kier alpha value is -5.41. The van der Waals surface area contributed by atoms with Gasteiger partial charge in [0.05, 0.1) is 22.1 Å².